The molecule has 2 fully saturated rings. The number of anilines is 1. The molecule has 0 spiro atoms. The fourth-order valence-corrected chi connectivity index (χ4v) is 3.44. The molecule has 2 unspecified atom stereocenters. The van der Waals surface area contributed by atoms with E-state index < -0.39 is 12.1 Å². The lowest BCUT2D eigenvalue weighted by atomic mass is 10.1. The lowest BCUT2D eigenvalue weighted by Crippen LogP contribution is -2.21. The zero-order valence-corrected chi connectivity index (χ0v) is 16.9. The van der Waals surface area contributed by atoms with Gasteiger partial charge >= 0.3 is 12.1 Å². The molecule has 7 nitrogen and oxygen atoms in total. The molecule has 2 aromatic rings. The van der Waals surface area contributed by atoms with Crippen LogP contribution in [0.15, 0.2) is 24.3 Å². The summed E-state index contributed by atoms with van der Waals surface area (Å²) in [5.41, 5.74) is 1.93. The van der Waals surface area contributed by atoms with Crippen molar-refractivity contribution in [2.45, 2.75) is 44.3 Å². The molecule has 0 bridgehead atoms. The number of carbonyl (C=O) groups is 2. The quantitative estimate of drug-likeness (QED) is 0.632. The average Bonchev–Trinajstić information content (AvgIpc) is 3.59. The van der Waals surface area contributed by atoms with E-state index in [0.29, 0.717) is 22.7 Å². The minimum Gasteiger partial charge on any atom is -0.475 e. The molecule has 1 aromatic heterocycles. The highest BCUT2D eigenvalue weighted by Crippen LogP contribution is 2.41. The smallest absolute Gasteiger partial charge is 0.475 e. The Morgan fingerprint density at radius 2 is 1.97 bits per heavy atom. The molecule has 2 saturated carbocycles. The Morgan fingerprint density at radius 3 is 2.53 bits per heavy atom. The van der Waals surface area contributed by atoms with Crippen molar-refractivity contribution in [1.82, 2.24) is 15.5 Å². The van der Waals surface area contributed by atoms with Gasteiger partial charge in [-0.05, 0) is 56.3 Å². The van der Waals surface area contributed by atoms with Crippen molar-refractivity contribution in [3.05, 3.63) is 40.4 Å². The highest BCUT2D eigenvalue weighted by Gasteiger charge is 2.39. The summed E-state index contributed by atoms with van der Waals surface area (Å²) in [6.45, 7) is 3.02. The number of aromatic nitrogens is 2. The van der Waals surface area contributed by atoms with Crippen LogP contribution in [0.25, 0.3) is 0 Å². The zero-order chi connectivity index (χ0) is 21.9. The SMILES string of the molecule is Cc1nnc(NC(=O)c2cccc(C3CC3NCC3CC3)c2)s1.O=C(O)C(F)(F)F. The molecule has 0 aliphatic heterocycles. The Bertz CT molecular complexity index is 914. The normalized spacial score (nSPS) is 20.1. The van der Waals surface area contributed by atoms with Gasteiger partial charge in [0.05, 0.1) is 0 Å². The molecular formula is C19H21F3N4O3S. The molecule has 0 saturated heterocycles. The van der Waals surface area contributed by atoms with Gasteiger partial charge in [0.25, 0.3) is 5.91 Å². The first-order valence-electron chi connectivity index (χ1n) is 9.38. The standard InChI is InChI=1S/C17H20N4OS.C2HF3O2/c1-10-20-21-17(23-10)19-16(22)13-4-2-3-12(7-13)14-8-15(14)18-9-11-5-6-11;3-2(4,5)1(6)7/h2-4,7,11,14-15,18H,5-6,8-9H2,1H3,(H,19,21,22);(H,6,7). The number of rotatable bonds is 6. The Hall–Kier alpha value is -2.53. The third-order valence-electron chi connectivity index (χ3n) is 4.72. The summed E-state index contributed by atoms with van der Waals surface area (Å²) in [5, 5.41) is 22.8. The first kappa shape index (κ1) is 22.2. The van der Waals surface area contributed by atoms with Gasteiger partial charge in [-0.1, -0.05) is 23.5 Å². The van der Waals surface area contributed by atoms with E-state index in [1.807, 2.05) is 25.1 Å². The van der Waals surface area contributed by atoms with Crippen LogP contribution in [0.3, 0.4) is 0 Å². The number of carboxylic acids is 1. The minimum atomic E-state index is -5.08. The van der Waals surface area contributed by atoms with Gasteiger partial charge in [0, 0.05) is 17.5 Å². The summed E-state index contributed by atoms with van der Waals surface area (Å²) in [6.07, 6.45) is -1.15. The average molecular weight is 442 g/mol. The van der Waals surface area contributed by atoms with E-state index >= 15 is 0 Å². The van der Waals surface area contributed by atoms with Gasteiger partial charge in [0.15, 0.2) is 0 Å². The van der Waals surface area contributed by atoms with Crippen LogP contribution >= 0.6 is 11.3 Å². The van der Waals surface area contributed by atoms with Crippen molar-refractivity contribution in [2.75, 3.05) is 11.9 Å². The Kier molecular flexibility index (Phi) is 6.71. The summed E-state index contributed by atoms with van der Waals surface area (Å²) in [5.74, 6) is -1.42. The first-order chi connectivity index (χ1) is 14.1. The number of nitrogens with zero attached hydrogens (tertiary/aromatic N) is 2. The maximum atomic E-state index is 12.3. The van der Waals surface area contributed by atoms with Crippen molar-refractivity contribution in [1.29, 1.82) is 0 Å². The van der Waals surface area contributed by atoms with Crippen molar-refractivity contribution in [3.8, 4) is 0 Å². The van der Waals surface area contributed by atoms with Gasteiger partial charge in [-0.25, -0.2) is 4.79 Å². The third-order valence-corrected chi connectivity index (χ3v) is 5.48. The van der Waals surface area contributed by atoms with Crippen LogP contribution in [0, 0.1) is 12.8 Å². The molecule has 2 aliphatic carbocycles. The number of carboxylic acid groups (broad SMARTS) is 1. The van der Waals surface area contributed by atoms with E-state index in [4.69, 9.17) is 9.90 Å². The van der Waals surface area contributed by atoms with Crippen LogP contribution in [-0.4, -0.2) is 45.9 Å². The second kappa shape index (κ2) is 9.09. The van der Waals surface area contributed by atoms with E-state index in [0.717, 1.165) is 17.5 Å². The van der Waals surface area contributed by atoms with Gasteiger partial charge in [-0.3, -0.25) is 10.1 Å². The number of alkyl halides is 3. The van der Waals surface area contributed by atoms with Gasteiger partial charge in [-0.2, -0.15) is 13.2 Å². The summed E-state index contributed by atoms with van der Waals surface area (Å²) in [6, 6.07) is 8.52. The second-order valence-corrected chi connectivity index (χ2v) is 8.49. The lowest BCUT2D eigenvalue weighted by molar-refractivity contribution is -0.192. The predicted molar refractivity (Wildman–Crippen MR) is 105 cm³/mol. The van der Waals surface area contributed by atoms with Crippen molar-refractivity contribution in [3.63, 3.8) is 0 Å². The molecule has 162 valence electrons. The maximum absolute atomic E-state index is 12.3. The first-order valence-corrected chi connectivity index (χ1v) is 10.2. The van der Waals surface area contributed by atoms with Gasteiger partial charge < -0.3 is 10.4 Å². The molecule has 1 amide bonds. The van der Waals surface area contributed by atoms with Crippen LogP contribution in [-0.2, 0) is 4.79 Å². The van der Waals surface area contributed by atoms with Crippen LogP contribution < -0.4 is 10.6 Å². The summed E-state index contributed by atoms with van der Waals surface area (Å²) in [4.78, 5) is 21.2. The monoisotopic (exact) mass is 442 g/mol. The van der Waals surface area contributed by atoms with Gasteiger partial charge in [0.1, 0.15) is 5.01 Å². The predicted octanol–water partition coefficient (Wildman–Crippen LogP) is 3.59. The molecule has 1 heterocycles. The Balaban J connectivity index is 0.000000318. The fourth-order valence-electron chi connectivity index (χ4n) is 2.86. The van der Waals surface area contributed by atoms with Gasteiger partial charge in [0.2, 0.25) is 5.13 Å². The molecule has 3 N–H and O–H groups in total. The molecule has 2 aliphatic rings. The topological polar surface area (TPSA) is 104 Å². The van der Waals surface area contributed by atoms with Crippen molar-refractivity contribution in [2.24, 2.45) is 5.92 Å². The maximum Gasteiger partial charge on any atom is 0.490 e. The van der Waals surface area contributed by atoms with E-state index in [1.54, 1.807) is 0 Å². The number of hydrogen-bond donors (Lipinski definition) is 3. The Labute approximate surface area is 174 Å². The molecular weight excluding hydrogens is 421 g/mol. The number of nitrogens with one attached hydrogen (secondary N) is 2. The van der Waals surface area contributed by atoms with Crippen LogP contribution in [0.1, 0.15) is 46.1 Å². The number of amides is 1. The number of benzene rings is 1. The minimum absolute atomic E-state index is 0.119. The number of halogens is 3. The van der Waals surface area contributed by atoms with Crippen molar-refractivity contribution >= 4 is 28.3 Å². The summed E-state index contributed by atoms with van der Waals surface area (Å²) >= 11 is 1.38. The van der Waals surface area contributed by atoms with E-state index in [9.17, 15) is 18.0 Å². The lowest BCUT2D eigenvalue weighted by Gasteiger charge is -2.06. The van der Waals surface area contributed by atoms with Crippen LogP contribution in [0.4, 0.5) is 18.3 Å². The molecule has 0 radical (unpaired) electrons. The van der Waals surface area contributed by atoms with E-state index in [1.165, 1.54) is 36.2 Å². The number of hydrogen-bond acceptors (Lipinski definition) is 6. The molecule has 30 heavy (non-hydrogen) atoms. The fraction of sp³-hybridized carbons (Fsp3) is 0.474. The highest BCUT2D eigenvalue weighted by atomic mass is 32.1. The molecule has 11 heteroatoms. The van der Waals surface area contributed by atoms with E-state index in [-0.39, 0.29) is 5.91 Å². The zero-order valence-electron chi connectivity index (χ0n) is 16.1. The van der Waals surface area contributed by atoms with Gasteiger partial charge in [-0.15, -0.1) is 10.2 Å². The van der Waals surface area contributed by atoms with Crippen molar-refractivity contribution < 1.29 is 27.9 Å². The Morgan fingerprint density at radius 1 is 1.27 bits per heavy atom. The second-order valence-electron chi connectivity index (χ2n) is 7.31. The summed E-state index contributed by atoms with van der Waals surface area (Å²) in [7, 11) is 0. The van der Waals surface area contributed by atoms with Crippen LogP contribution in [0.5, 0.6) is 0 Å². The molecule has 1 aromatic carbocycles. The molecule has 2 atom stereocenters. The molecule has 4 rings (SSSR count). The largest absolute Gasteiger partial charge is 0.490 e. The summed E-state index contributed by atoms with van der Waals surface area (Å²) < 4.78 is 31.7. The van der Waals surface area contributed by atoms with Crippen LogP contribution in [0.2, 0.25) is 0 Å². The number of aryl methyl sites for hydroxylation is 1. The third kappa shape index (κ3) is 6.49. The highest BCUT2D eigenvalue weighted by molar-refractivity contribution is 7.15. The number of carbonyl (C=O) groups excluding carboxylic acids is 1. The number of aliphatic carboxylic acids is 1. The van der Waals surface area contributed by atoms with E-state index in [2.05, 4.69) is 26.9 Å².